The van der Waals surface area contributed by atoms with Crippen molar-refractivity contribution in [2.45, 2.75) is 38.3 Å². The van der Waals surface area contributed by atoms with Gasteiger partial charge in [0, 0.05) is 13.0 Å². The average Bonchev–Trinajstić information content (AvgIpc) is 2.94. The van der Waals surface area contributed by atoms with Crippen LogP contribution in [0.1, 0.15) is 24.0 Å². The fraction of sp³-hybridized carbons (Fsp3) is 0.467. The molecule has 1 aliphatic heterocycles. The number of rotatable bonds is 5. The van der Waals surface area contributed by atoms with Crippen molar-refractivity contribution in [2.24, 2.45) is 5.73 Å². The van der Waals surface area contributed by atoms with E-state index in [9.17, 15) is 9.59 Å². The highest BCUT2D eigenvalue weighted by molar-refractivity contribution is 5.88. The molecule has 0 radical (unpaired) electrons. The van der Waals surface area contributed by atoms with Crippen LogP contribution in [-0.2, 0) is 20.7 Å². The van der Waals surface area contributed by atoms with E-state index in [1.807, 2.05) is 31.2 Å². The van der Waals surface area contributed by atoms with E-state index in [1.165, 1.54) is 0 Å². The van der Waals surface area contributed by atoms with Crippen LogP contribution in [-0.4, -0.2) is 30.6 Å². The zero-order valence-electron chi connectivity index (χ0n) is 11.6. The normalized spacial score (nSPS) is 19.6. The highest BCUT2D eigenvalue weighted by Crippen LogP contribution is 2.13. The monoisotopic (exact) mass is 276 g/mol. The van der Waals surface area contributed by atoms with Crippen LogP contribution < -0.4 is 11.1 Å². The van der Waals surface area contributed by atoms with Gasteiger partial charge < -0.3 is 15.8 Å². The summed E-state index contributed by atoms with van der Waals surface area (Å²) in [6.45, 7) is 2.56. The molecule has 20 heavy (non-hydrogen) atoms. The Labute approximate surface area is 118 Å². The minimum absolute atomic E-state index is 0.250. The Morgan fingerprint density at radius 1 is 1.45 bits per heavy atom. The van der Waals surface area contributed by atoms with Gasteiger partial charge in [0.25, 0.3) is 0 Å². The predicted molar refractivity (Wildman–Crippen MR) is 75.0 cm³/mol. The number of carbonyl (C=O) groups is 2. The molecule has 1 aromatic carbocycles. The van der Waals surface area contributed by atoms with Gasteiger partial charge in [0.05, 0.1) is 0 Å². The summed E-state index contributed by atoms with van der Waals surface area (Å²) in [4.78, 5) is 23.5. The average molecular weight is 276 g/mol. The first-order valence-corrected chi connectivity index (χ1v) is 6.83. The number of carbonyl (C=O) groups excluding carboxylic acids is 2. The van der Waals surface area contributed by atoms with Crippen molar-refractivity contribution < 1.29 is 14.3 Å². The Morgan fingerprint density at radius 3 is 2.80 bits per heavy atom. The largest absolute Gasteiger partial charge is 0.368 e. The van der Waals surface area contributed by atoms with Crippen LogP contribution in [0.3, 0.4) is 0 Å². The molecule has 0 unspecified atom stereocenters. The van der Waals surface area contributed by atoms with Crippen molar-refractivity contribution in [3.63, 3.8) is 0 Å². The van der Waals surface area contributed by atoms with Crippen molar-refractivity contribution in [1.82, 2.24) is 5.32 Å². The highest BCUT2D eigenvalue weighted by atomic mass is 16.5. The van der Waals surface area contributed by atoms with Gasteiger partial charge in [0.1, 0.15) is 12.1 Å². The van der Waals surface area contributed by atoms with E-state index in [4.69, 9.17) is 10.5 Å². The number of hydrogen-bond donors (Lipinski definition) is 2. The number of primary amides is 1. The van der Waals surface area contributed by atoms with Gasteiger partial charge in [0.2, 0.25) is 11.8 Å². The minimum Gasteiger partial charge on any atom is -0.368 e. The second-order valence-electron chi connectivity index (χ2n) is 5.10. The van der Waals surface area contributed by atoms with Crippen LogP contribution in [0.5, 0.6) is 0 Å². The van der Waals surface area contributed by atoms with Gasteiger partial charge in [-0.2, -0.15) is 0 Å². The van der Waals surface area contributed by atoms with E-state index in [2.05, 4.69) is 5.32 Å². The number of nitrogens with two attached hydrogens (primary N) is 1. The molecule has 2 rings (SSSR count). The van der Waals surface area contributed by atoms with Crippen molar-refractivity contribution >= 4 is 11.8 Å². The standard InChI is InChI=1S/C15H20N2O3/c1-10-5-2-3-6-11(10)9-12(14(16)18)17-15(19)13-7-4-8-20-13/h2-3,5-6,12-13H,4,7-9H2,1H3,(H2,16,18)(H,17,19)/t12-,13-/m1/s1. The lowest BCUT2D eigenvalue weighted by molar-refractivity contribution is -0.133. The number of ether oxygens (including phenoxy) is 1. The molecular formula is C15H20N2O3. The molecule has 0 bridgehead atoms. The Hall–Kier alpha value is -1.88. The molecule has 3 N–H and O–H groups in total. The summed E-state index contributed by atoms with van der Waals surface area (Å²) in [7, 11) is 0. The van der Waals surface area contributed by atoms with Crippen LogP contribution in [0, 0.1) is 6.92 Å². The van der Waals surface area contributed by atoms with Gasteiger partial charge in [0.15, 0.2) is 0 Å². The second kappa shape index (κ2) is 6.52. The van der Waals surface area contributed by atoms with Crippen LogP contribution in [0.2, 0.25) is 0 Å². The highest BCUT2D eigenvalue weighted by Gasteiger charge is 2.27. The lowest BCUT2D eigenvalue weighted by Gasteiger charge is -2.18. The van der Waals surface area contributed by atoms with Crippen LogP contribution >= 0.6 is 0 Å². The Morgan fingerprint density at radius 2 is 2.20 bits per heavy atom. The maximum atomic E-state index is 12.0. The summed E-state index contributed by atoms with van der Waals surface area (Å²) < 4.78 is 5.31. The molecule has 2 amide bonds. The third kappa shape index (κ3) is 3.57. The molecule has 1 aromatic rings. The topological polar surface area (TPSA) is 81.4 Å². The summed E-state index contributed by atoms with van der Waals surface area (Å²) in [6, 6.07) is 7.04. The summed E-state index contributed by atoms with van der Waals surface area (Å²) in [6.07, 6.45) is 1.52. The Kier molecular flexibility index (Phi) is 4.74. The molecule has 0 aliphatic carbocycles. The molecular weight excluding hydrogens is 256 g/mol. The van der Waals surface area contributed by atoms with Crippen molar-refractivity contribution in [3.05, 3.63) is 35.4 Å². The first-order valence-electron chi connectivity index (χ1n) is 6.83. The molecule has 1 fully saturated rings. The second-order valence-corrected chi connectivity index (χ2v) is 5.10. The zero-order valence-corrected chi connectivity index (χ0v) is 11.6. The van der Waals surface area contributed by atoms with Crippen LogP contribution in [0.15, 0.2) is 24.3 Å². The van der Waals surface area contributed by atoms with Gasteiger partial charge in [-0.15, -0.1) is 0 Å². The van der Waals surface area contributed by atoms with Gasteiger partial charge >= 0.3 is 0 Å². The van der Waals surface area contributed by atoms with Gasteiger partial charge in [-0.05, 0) is 30.9 Å². The van der Waals surface area contributed by atoms with E-state index < -0.39 is 18.1 Å². The molecule has 0 spiro atoms. The van der Waals surface area contributed by atoms with E-state index in [0.29, 0.717) is 19.4 Å². The van der Waals surface area contributed by atoms with Crippen molar-refractivity contribution in [1.29, 1.82) is 0 Å². The van der Waals surface area contributed by atoms with Gasteiger partial charge in [-0.3, -0.25) is 9.59 Å². The number of aryl methyl sites for hydroxylation is 1. The first-order chi connectivity index (χ1) is 9.58. The molecule has 5 nitrogen and oxygen atoms in total. The third-order valence-corrected chi connectivity index (χ3v) is 3.57. The van der Waals surface area contributed by atoms with Crippen molar-refractivity contribution in [3.8, 4) is 0 Å². The maximum absolute atomic E-state index is 12.0. The minimum atomic E-state index is -0.701. The lowest BCUT2D eigenvalue weighted by atomic mass is 10.0. The van der Waals surface area contributed by atoms with E-state index in [-0.39, 0.29) is 5.91 Å². The predicted octanol–water partition coefficient (Wildman–Crippen LogP) is 0.687. The molecule has 1 aliphatic rings. The molecule has 1 heterocycles. The molecule has 2 atom stereocenters. The number of hydrogen-bond acceptors (Lipinski definition) is 3. The summed E-state index contributed by atoms with van der Waals surface area (Å²) in [5, 5.41) is 2.70. The van der Waals surface area contributed by atoms with Crippen LogP contribution in [0.25, 0.3) is 0 Å². The van der Waals surface area contributed by atoms with E-state index in [1.54, 1.807) is 0 Å². The fourth-order valence-corrected chi connectivity index (χ4v) is 2.33. The third-order valence-electron chi connectivity index (χ3n) is 3.57. The van der Waals surface area contributed by atoms with E-state index in [0.717, 1.165) is 17.5 Å². The molecule has 0 aromatic heterocycles. The SMILES string of the molecule is Cc1ccccc1C[C@@H](NC(=O)[C@H]1CCCO1)C(N)=O. The lowest BCUT2D eigenvalue weighted by Crippen LogP contribution is -2.49. The maximum Gasteiger partial charge on any atom is 0.249 e. The smallest absolute Gasteiger partial charge is 0.249 e. The Bertz CT molecular complexity index is 496. The van der Waals surface area contributed by atoms with Crippen LogP contribution in [0.4, 0.5) is 0 Å². The zero-order chi connectivity index (χ0) is 14.5. The summed E-state index contributed by atoms with van der Waals surface area (Å²) >= 11 is 0. The first kappa shape index (κ1) is 14.5. The van der Waals surface area contributed by atoms with E-state index >= 15 is 0 Å². The fourth-order valence-electron chi connectivity index (χ4n) is 2.33. The quantitative estimate of drug-likeness (QED) is 0.830. The summed E-state index contributed by atoms with van der Waals surface area (Å²) in [5.41, 5.74) is 7.46. The molecule has 1 saturated heterocycles. The van der Waals surface area contributed by atoms with Gasteiger partial charge in [-0.25, -0.2) is 0 Å². The van der Waals surface area contributed by atoms with Gasteiger partial charge in [-0.1, -0.05) is 24.3 Å². The van der Waals surface area contributed by atoms with Crippen molar-refractivity contribution in [2.75, 3.05) is 6.61 Å². The number of amides is 2. The Balaban J connectivity index is 2.02. The molecule has 5 heteroatoms. The molecule has 0 saturated carbocycles. The molecule has 108 valence electrons. The number of benzene rings is 1. The summed E-state index contributed by atoms with van der Waals surface area (Å²) in [5.74, 6) is -0.778. The number of nitrogens with one attached hydrogen (secondary N) is 1.